The first-order valence-corrected chi connectivity index (χ1v) is 12.5. The van der Waals surface area contributed by atoms with Crippen LogP contribution in [0.3, 0.4) is 0 Å². The number of likely N-dealkylation sites (N-methyl/N-ethyl adjacent to an activating group) is 1. The van der Waals surface area contributed by atoms with E-state index in [9.17, 15) is 14.7 Å². The lowest BCUT2D eigenvalue weighted by Gasteiger charge is -2.32. The fourth-order valence-electron chi connectivity index (χ4n) is 5.18. The highest BCUT2D eigenvalue weighted by Crippen LogP contribution is 2.26. The van der Waals surface area contributed by atoms with Crippen LogP contribution in [0.25, 0.3) is 0 Å². The van der Waals surface area contributed by atoms with Gasteiger partial charge in [-0.05, 0) is 42.8 Å². The summed E-state index contributed by atoms with van der Waals surface area (Å²) in [5.41, 5.74) is 3.66. The first-order chi connectivity index (χ1) is 17.0. The summed E-state index contributed by atoms with van der Waals surface area (Å²) in [6.45, 7) is 6.31. The predicted octanol–water partition coefficient (Wildman–Crippen LogP) is 1.33. The van der Waals surface area contributed by atoms with Crippen molar-refractivity contribution in [2.75, 3.05) is 66.0 Å². The number of benzene rings is 2. The lowest BCUT2D eigenvalue weighted by Crippen LogP contribution is -2.47. The maximum absolute atomic E-state index is 13.3. The molecule has 5 rings (SSSR count). The maximum atomic E-state index is 13.3. The van der Waals surface area contributed by atoms with E-state index in [1.807, 2.05) is 4.90 Å². The lowest BCUT2D eigenvalue weighted by atomic mass is 10.00. The molecule has 0 spiro atoms. The number of hydrogen-bond donors (Lipinski definition) is 1. The number of hydrogen-bond acceptors (Lipinski definition) is 6. The molecule has 0 radical (unpaired) electrons. The van der Waals surface area contributed by atoms with Crippen LogP contribution in [0.5, 0.6) is 5.75 Å². The average molecular weight is 479 g/mol. The summed E-state index contributed by atoms with van der Waals surface area (Å²) in [5.74, 6) is 0.246. The minimum absolute atomic E-state index is 0.0309. The number of fused-ring (bicyclic) bond motifs is 2. The second-order valence-electron chi connectivity index (χ2n) is 9.81. The van der Waals surface area contributed by atoms with Crippen molar-refractivity contribution in [3.05, 3.63) is 64.7 Å². The monoisotopic (exact) mass is 478 g/mol. The van der Waals surface area contributed by atoms with Gasteiger partial charge in [0.2, 0.25) is 0 Å². The average Bonchev–Trinajstić information content (AvgIpc) is 3.02. The van der Waals surface area contributed by atoms with Crippen LogP contribution in [0.1, 0.15) is 31.8 Å². The van der Waals surface area contributed by atoms with Crippen LogP contribution in [0.15, 0.2) is 42.5 Å². The lowest BCUT2D eigenvalue weighted by molar-refractivity contribution is 0.0501. The van der Waals surface area contributed by atoms with E-state index < -0.39 is 6.10 Å². The zero-order valence-electron chi connectivity index (χ0n) is 20.4. The standard InChI is InChI=1S/C27H34N4O4/c1-28-10-12-30(13-11-28)26(33)21-6-7-24-25(16-21)35-15-14-31(27(24)34)19-23(32)18-29-9-8-20-4-2-3-5-22(20)17-29/h2-7,16,23,32H,8-15,17-19H2,1H3/t23-/m1/s1. The predicted molar refractivity (Wildman–Crippen MR) is 133 cm³/mol. The van der Waals surface area contributed by atoms with Crippen molar-refractivity contribution in [2.24, 2.45) is 0 Å². The van der Waals surface area contributed by atoms with Crippen molar-refractivity contribution >= 4 is 11.8 Å². The van der Waals surface area contributed by atoms with Crippen molar-refractivity contribution in [3.63, 3.8) is 0 Å². The van der Waals surface area contributed by atoms with Gasteiger partial charge in [-0.25, -0.2) is 0 Å². The molecule has 2 aromatic carbocycles. The Labute approximate surface area is 206 Å². The molecular weight excluding hydrogens is 444 g/mol. The number of carbonyl (C=O) groups excluding carboxylic acids is 2. The summed E-state index contributed by atoms with van der Waals surface area (Å²) in [5, 5.41) is 10.8. The SMILES string of the molecule is CN1CCN(C(=O)c2ccc3c(c2)OCCN(C[C@H](O)CN2CCc4ccccc4C2)C3=O)CC1. The highest BCUT2D eigenvalue weighted by atomic mass is 16.5. The number of aliphatic hydroxyl groups excluding tert-OH is 1. The Balaban J connectivity index is 1.21. The van der Waals surface area contributed by atoms with Crippen LogP contribution in [-0.4, -0.2) is 109 Å². The molecule has 3 aliphatic rings. The van der Waals surface area contributed by atoms with Gasteiger partial charge in [0, 0.05) is 57.9 Å². The van der Waals surface area contributed by atoms with Crippen molar-refractivity contribution in [1.29, 1.82) is 0 Å². The van der Waals surface area contributed by atoms with E-state index in [-0.39, 0.29) is 18.4 Å². The van der Waals surface area contributed by atoms with E-state index in [0.29, 0.717) is 49.7 Å². The van der Waals surface area contributed by atoms with Gasteiger partial charge in [-0.15, -0.1) is 0 Å². The van der Waals surface area contributed by atoms with Gasteiger partial charge in [0.05, 0.1) is 18.2 Å². The first-order valence-electron chi connectivity index (χ1n) is 12.5. The van der Waals surface area contributed by atoms with E-state index >= 15 is 0 Å². The molecule has 0 aliphatic carbocycles. The van der Waals surface area contributed by atoms with Gasteiger partial charge in [-0.3, -0.25) is 14.5 Å². The topological polar surface area (TPSA) is 76.6 Å². The van der Waals surface area contributed by atoms with Crippen molar-refractivity contribution in [1.82, 2.24) is 19.6 Å². The third-order valence-corrected chi connectivity index (χ3v) is 7.27. The molecule has 186 valence electrons. The fraction of sp³-hybridized carbons (Fsp3) is 0.481. The van der Waals surface area contributed by atoms with Gasteiger partial charge in [0.1, 0.15) is 12.4 Å². The van der Waals surface area contributed by atoms with Crippen LogP contribution in [0.2, 0.25) is 0 Å². The zero-order chi connectivity index (χ0) is 24.4. The van der Waals surface area contributed by atoms with Gasteiger partial charge >= 0.3 is 0 Å². The molecule has 0 bridgehead atoms. The molecular formula is C27H34N4O4. The van der Waals surface area contributed by atoms with Crippen LogP contribution in [0.4, 0.5) is 0 Å². The molecule has 1 atom stereocenters. The minimum Gasteiger partial charge on any atom is -0.491 e. The van der Waals surface area contributed by atoms with Gasteiger partial charge in [0.15, 0.2) is 0 Å². The summed E-state index contributed by atoms with van der Waals surface area (Å²) in [7, 11) is 2.05. The Morgan fingerprint density at radius 3 is 2.57 bits per heavy atom. The van der Waals surface area contributed by atoms with Gasteiger partial charge in [-0.1, -0.05) is 24.3 Å². The number of ether oxygens (including phenoxy) is 1. The molecule has 35 heavy (non-hydrogen) atoms. The highest BCUT2D eigenvalue weighted by molar-refractivity contribution is 6.00. The summed E-state index contributed by atoms with van der Waals surface area (Å²) in [6.07, 6.45) is 0.325. The zero-order valence-corrected chi connectivity index (χ0v) is 20.4. The second-order valence-corrected chi connectivity index (χ2v) is 9.81. The molecule has 8 heteroatoms. The van der Waals surface area contributed by atoms with E-state index in [1.165, 1.54) is 11.1 Å². The summed E-state index contributed by atoms with van der Waals surface area (Å²) < 4.78 is 5.88. The van der Waals surface area contributed by atoms with E-state index in [2.05, 4.69) is 41.1 Å². The molecule has 8 nitrogen and oxygen atoms in total. The number of rotatable bonds is 5. The fourth-order valence-corrected chi connectivity index (χ4v) is 5.18. The normalized spacial score (nSPS) is 20.0. The third kappa shape index (κ3) is 5.34. The molecule has 2 aromatic rings. The largest absolute Gasteiger partial charge is 0.491 e. The Morgan fingerprint density at radius 2 is 1.77 bits per heavy atom. The molecule has 1 fully saturated rings. The number of piperazine rings is 1. The molecule has 2 amide bonds. The number of aliphatic hydroxyl groups is 1. The summed E-state index contributed by atoms with van der Waals surface area (Å²) in [4.78, 5) is 34.2. The Kier molecular flexibility index (Phi) is 7.04. The van der Waals surface area contributed by atoms with Gasteiger partial charge < -0.3 is 24.5 Å². The highest BCUT2D eigenvalue weighted by Gasteiger charge is 2.28. The number of nitrogens with zero attached hydrogens (tertiary/aromatic N) is 4. The molecule has 0 saturated carbocycles. The second kappa shape index (κ2) is 10.4. The smallest absolute Gasteiger partial charge is 0.257 e. The van der Waals surface area contributed by atoms with Crippen LogP contribution in [0, 0.1) is 0 Å². The molecule has 1 saturated heterocycles. The molecule has 1 N–H and O–H groups in total. The summed E-state index contributed by atoms with van der Waals surface area (Å²) in [6, 6.07) is 13.5. The molecule has 0 aromatic heterocycles. The van der Waals surface area contributed by atoms with Crippen LogP contribution >= 0.6 is 0 Å². The van der Waals surface area contributed by atoms with Crippen LogP contribution < -0.4 is 4.74 Å². The number of carbonyl (C=O) groups is 2. The first kappa shape index (κ1) is 23.8. The quantitative estimate of drug-likeness (QED) is 0.699. The Morgan fingerprint density at radius 1 is 1.00 bits per heavy atom. The summed E-state index contributed by atoms with van der Waals surface area (Å²) >= 11 is 0. The van der Waals surface area contributed by atoms with Gasteiger partial charge in [-0.2, -0.15) is 0 Å². The Bertz CT molecular complexity index is 1080. The maximum Gasteiger partial charge on any atom is 0.257 e. The molecule has 3 heterocycles. The number of amides is 2. The van der Waals surface area contributed by atoms with Crippen LogP contribution in [-0.2, 0) is 13.0 Å². The number of β-amino-alcohol motifs (C(OH)–C–C–N with tert-alkyl or cyclic N) is 1. The van der Waals surface area contributed by atoms with Crippen molar-refractivity contribution < 1.29 is 19.4 Å². The van der Waals surface area contributed by atoms with Crippen molar-refractivity contribution in [3.8, 4) is 5.75 Å². The Hall–Kier alpha value is -2.94. The minimum atomic E-state index is -0.649. The van der Waals surface area contributed by atoms with Gasteiger partial charge in [0.25, 0.3) is 11.8 Å². The van der Waals surface area contributed by atoms with E-state index in [4.69, 9.17) is 4.74 Å². The van der Waals surface area contributed by atoms with E-state index in [1.54, 1.807) is 23.1 Å². The molecule has 0 unspecified atom stereocenters. The molecule has 3 aliphatic heterocycles. The van der Waals surface area contributed by atoms with E-state index in [0.717, 1.165) is 32.6 Å². The van der Waals surface area contributed by atoms with Crippen molar-refractivity contribution in [2.45, 2.75) is 19.1 Å². The third-order valence-electron chi connectivity index (χ3n) is 7.27.